The van der Waals surface area contributed by atoms with Crippen LogP contribution in [-0.4, -0.2) is 33.4 Å². The molecule has 2 unspecified atom stereocenters. The van der Waals surface area contributed by atoms with E-state index >= 15 is 0 Å². The third kappa shape index (κ3) is 6.76. The normalized spacial score (nSPS) is 12.4. The molecule has 0 aliphatic heterocycles. The Kier molecular flexibility index (Phi) is 9.84. The highest BCUT2D eigenvalue weighted by atomic mass is 16.6. The SMILES string of the molecule is CCC(C)c1ccc(C(OC(=O)Nc2ccc(N(CC)CC)cc2C)c2ccc(OC)cc2OC)cc1. The highest BCUT2D eigenvalue weighted by Gasteiger charge is 2.24. The van der Waals surface area contributed by atoms with Gasteiger partial charge in [-0.15, -0.1) is 0 Å². The first kappa shape index (κ1) is 27.9. The largest absolute Gasteiger partial charge is 0.497 e. The summed E-state index contributed by atoms with van der Waals surface area (Å²) in [6.45, 7) is 12.5. The highest BCUT2D eigenvalue weighted by Crippen LogP contribution is 2.36. The molecule has 0 bridgehead atoms. The second-order valence-corrected chi connectivity index (χ2v) is 9.17. The monoisotopic (exact) mass is 504 g/mol. The van der Waals surface area contributed by atoms with Crippen molar-refractivity contribution in [1.82, 2.24) is 0 Å². The zero-order valence-electron chi connectivity index (χ0n) is 23.1. The van der Waals surface area contributed by atoms with Gasteiger partial charge in [-0.2, -0.15) is 0 Å². The number of nitrogens with zero attached hydrogens (tertiary/aromatic N) is 1. The Morgan fingerprint density at radius 3 is 2.14 bits per heavy atom. The number of rotatable bonds is 11. The van der Waals surface area contributed by atoms with Gasteiger partial charge in [0, 0.05) is 36.1 Å². The second-order valence-electron chi connectivity index (χ2n) is 9.17. The van der Waals surface area contributed by atoms with Gasteiger partial charge in [-0.1, -0.05) is 38.1 Å². The molecule has 0 saturated heterocycles. The van der Waals surface area contributed by atoms with Crippen LogP contribution in [0.2, 0.25) is 0 Å². The lowest BCUT2D eigenvalue weighted by Crippen LogP contribution is -2.22. The van der Waals surface area contributed by atoms with Gasteiger partial charge in [0.15, 0.2) is 6.10 Å². The van der Waals surface area contributed by atoms with Gasteiger partial charge in [0.1, 0.15) is 11.5 Å². The fourth-order valence-electron chi connectivity index (χ4n) is 4.40. The summed E-state index contributed by atoms with van der Waals surface area (Å²) < 4.78 is 17.1. The molecule has 1 N–H and O–H groups in total. The number of aryl methyl sites for hydroxylation is 1. The lowest BCUT2D eigenvalue weighted by atomic mass is 9.94. The molecule has 0 saturated carbocycles. The molecule has 0 spiro atoms. The van der Waals surface area contributed by atoms with Crippen molar-refractivity contribution in [2.75, 3.05) is 37.5 Å². The molecule has 6 nitrogen and oxygen atoms in total. The number of carbonyl (C=O) groups excluding carboxylic acids is 1. The summed E-state index contributed by atoms with van der Waals surface area (Å²) in [6, 6.07) is 19.8. The van der Waals surface area contributed by atoms with Gasteiger partial charge in [-0.3, -0.25) is 5.32 Å². The average Bonchev–Trinajstić information content (AvgIpc) is 2.93. The topological polar surface area (TPSA) is 60.0 Å². The lowest BCUT2D eigenvalue weighted by molar-refractivity contribution is 0.129. The molecule has 2 atom stereocenters. The Labute approximate surface area is 221 Å². The number of methoxy groups -OCH3 is 2. The molecule has 0 heterocycles. The van der Waals surface area contributed by atoms with E-state index in [-0.39, 0.29) is 0 Å². The maximum Gasteiger partial charge on any atom is 0.412 e. The molecule has 1 amide bonds. The van der Waals surface area contributed by atoms with E-state index in [1.54, 1.807) is 20.3 Å². The fourth-order valence-corrected chi connectivity index (χ4v) is 4.40. The number of amides is 1. The molecule has 0 radical (unpaired) electrons. The average molecular weight is 505 g/mol. The van der Waals surface area contributed by atoms with Crippen LogP contribution in [0.5, 0.6) is 11.5 Å². The van der Waals surface area contributed by atoms with Crippen LogP contribution in [0.25, 0.3) is 0 Å². The van der Waals surface area contributed by atoms with Gasteiger partial charge in [0.2, 0.25) is 0 Å². The maximum atomic E-state index is 13.2. The van der Waals surface area contributed by atoms with Crippen molar-refractivity contribution >= 4 is 17.5 Å². The van der Waals surface area contributed by atoms with Crippen molar-refractivity contribution in [2.45, 2.75) is 53.1 Å². The van der Waals surface area contributed by atoms with Crippen molar-refractivity contribution < 1.29 is 19.0 Å². The van der Waals surface area contributed by atoms with Crippen molar-refractivity contribution in [2.24, 2.45) is 0 Å². The van der Waals surface area contributed by atoms with Crippen molar-refractivity contribution in [3.05, 3.63) is 82.9 Å². The van der Waals surface area contributed by atoms with Gasteiger partial charge in [-0.05, 0) is 80.1 Å². The Bertz CT molecular complexity index is 1170. The summed E-state index contributed by atoms with van der Waals surface area (Å²) in [5.74, 6) is 1.71. The predicted molar refractivity (Wildman–Crippen MR) is 151 cm³/mol. The fraction of sp³-hybridized carbons (Fsp3) is 0.387. The number of carbonyl (C=O) groups is 1. The number of anilines is 2. The summed E-state index contributed by atoms with van der Waals surface area (Å²) in [6.07, 6.45) is -0.143. The van der Waals surface area contributed by atoms with E-state index in [9.17, 15) is 4.79 Å². The summed E-state index contributed by atoms with van der Waals surface area (Å²) in [7, 11) is 3.21. The molecular formula is C31H40N2O4. The summed E-state index contributed by atoms with van der Waals surface area (Å²) in [4.78, 5) is 15.5. The van der Waals surface area contributed by atoms with Gasteiger partial charge in [-0.25, -0.2) is 4.79 Å². The third-order valence-corrected chi connectivity index (χ3v) is 6.94. The quantitative estimate of drug-likeness (QED) is 0.290. The molecule has 3 aromatic carbocycles. The van der Waals surface area contributed by atoms with E-state index in [0.717, 1.165) is 41.9 Å². The smallest absolute Gasteiger partial charge is 0.412 e. The molecule has 0 aliphatic carbocycles. The third-order valence-electron chi connectivity index (χ3n) is 6.94. The summed E-state index contributed by atoms with van der Waals surface area (Å²) in [5, 5.41) is 2.94. The predicted octanol–water partition coefficient (Wildman–Crippen LogP) is 7.71. The molecule has 0 aliphatic rings. The standard InChI is InChI=1S/C31H40N2O4/c1-8-21(4)23-11-13-24(14-12-23)30(27-17-16-26(35-6)20-29(27)36-7)37-31(34)32-28-18-15-25(19-22(28)5)33(9-2)10-3/h11-21,30H,8-10H2,1-7H3,(H,32,34). The Morgan fingerprint density at radius 1 is 0.892 bits per heavy atom. The van der Waals surface area contributed by atoms with Crippen LogP contribution in [0, 0.1) is 6.92 Å². The number of ether oxygens (including phenoxy) is 3. The second kappa shape index (κ2) is 13.0. The van der Waals surface area contributed by atoms with Crippen molar-refractivity contribution in [3.63, 3.8) is 0 Å². The zero-order chi connectivity index (χ0) is 26.9. The lowest BCUT2D eigenvalue weighted by Gasteiger charge is -2.24. The molecule has 0 aromatic heterocycles. The van der Waals surface area contributed by atoms with Crippen molar-refractivity contribution in [1.29, 1.82) is 0 Å². The molecular weight excluding hydrogens is 464 g/mol. The van der Waals surface area contributed by atoms with Gasteiger partial charge >= 0.3 is 6.09 Å². The van der Waals surface area contributed by atoms with Crippen LogP contribution < -0.4 is 19.7 Å². The molecule has 3 aromatic rings. The summed E-state index contributed by atoms with van der Waals surface area (Å²) >= 11 is 0. The molecule has 198 valence electrons. The van der Waals surface area contributed by atoms with Crippen LogP contribution in [0.1, 0.15) is 68.4 Å². The van der Waals surface area contributed by atoms with Crippen LogP contribution in [0.15, 0.2) is 60.7 Å². The van der Waals surface area contributed by atoms with E-state index < -0.39 is 12.2 Å². The van der Waals surface area contributed by atoms with Gasteiger partial charge in [0.05, 0.1) is 14.2 Å². The maximum absolute atomic E-state index is 13.2. The number of hydrogen-bond acceptors (Lipinski definition) is 5. The first-order chi connectivity index (χ1) is 17.8. The van der Waals surface area contributed by atoms with Crippen molar-refractivity contribution in [3.8, 4) is 11.5 Å². The van der Waals surface area contributed by atoms with E-state index in [1.807, 2.05) is 43.3 Å². The zero-order valence-corrected chi connectivity index (χ0v) is 23.1. The van der Waals surface area contributed by atoms with E-state index in [2.05, 4.69) is 56.1 Å². The van der Waals surface area contributed by atoms with Gasteiger partial charge < -0.3 is 19.1 Å². The minimum absolute atomic E-state index is 0.453. The molecule has 37 heavy (non-hydrogen) atoms. The van der Waals surface area contributed by atoms with Crippen LogP contribution in [-0.2, 0) is 4.74 Å². The van der Waals surface area contributed by atoms with E-state index in [0.29, 0.717) is 23.1 Å². The Morgan fingerprint density at radius 2 is 1.57 bits per heavy atom. The molecule has 6 heteroatoms. The first-order valence-electron chi connectivity index (χ1n) is 13.0. The van der Waals surface area contributed by atoms with Gasteiger partial charge in [0.25, 0.3) is 0 Å². The van der Waals surface area contributed by atoms with Crippen LogP contribution >= 0.6 is 0 Å². The number of hydrogen-bond donors (Lipinski definition) is 1. The van der Waals surface area contributed by atoms with E-state index in [4.69, 9.17) is 14.2 Å². The van der Waals surface area contributed by atoms with E-state index in [1.165, 1.54) is 5.56 Å². The van der Waals surface area contributed by atoms with Crippen LogP contribution in [0.3, 0.4) is 0 Å². The van der Waals surface area contributed by atoms with Crippen LogP contribution in [0.4, 0.5) is 16.2 Å². The Hall–Kier alpha value is -3.67. The Balaban J connectivity index is 1.91. The first-order valence-corrected chi connectivity index (χ1v) is 13.0. The minimum Gasteiger partial charge on any atom is -0.497 e. The number of benzene rings is 3. The molecule has 3 rings (SSSR count). The highest BCUT2D eigenvalue weighted by molar-refractivity contribution is 5.86. The number of nitrogens with one attached hydrogen (secondary N) is 1. The summed E-state index contributed by atoms with van der Waals surface area (Å²) in [5.41, 5.74) is 5.66. The molecule has 0 fully saturated rings. The minimum atomic E-state index is -0.665.